The number of carbonyl (C=O) groups is 2. The number of ketones is 1. The summed E-state index contributed by atoms with van der Waals surface area (Å²) in [5.74, 6) is -1.31. The SMILES string of the molecule is Cc1cc(C(=O)O)cc(C(=O)C(C)Cl)c1. The highest BCUT2D eigenvalue weighted by molar-refractivity contribution is 6.33. The topological polar surface area (TPSA) is 54.4 Å². The van der Waals surface area contributed by atoms with E-state index in [0.29, 0.717) is 5.56 Å². The molecule has 80 valence electrons. The van der Waals surface area contributed by atoms with Crippen LogP contribution in [-0.4, -0.2) is 22.2 Å². The molecule has 4 heteroatoms. The van der Waals surface area contributed by atoms with Crippen molar-refractivity contribution in [2.45, 2.75) is 19.2 Å². The zero-order chi connectivity index (χ0) is 11.6. The highest BCUT2D eigenvalue weighted by Gasteiger charge is 2.15. The number of aromatic carboxylic acids is 1. The number of carboxylic acids is 1. The van der Waals surface area contributed by atoms with Gasteiger partial charge in [0.1, 0.15) is 0 Å². The van der Waals surface area contributed by atoms with Gasteiger partial charge in [0, 0.05) is 5.56 Å². The predicted octanol–water partition coefficient (Wildman–Crippen LogP) is 2.50. The van der Waals surface area contributed by atoms with E-state index in [4.69, 9.17) is 16.7 Å². The molecule has 0 spiro atoms. The third-order valence-corrected chi connectivity index (χ3v) is 2.17. The van der Waals surface area contributed by atoms with E-state index in [-0.39, 0.29) is 11.3 Å². The Morgan fingerprint density at radius 2 is 1.80 bits per heavy atom. The fraction of sp³-hybridized carbons (Fsp3) is 0.273. The lowest BCUT2D eigenvalue weighted by Gasteiger charge is -2.05. The Morgan fingerprint density at radius 1 is 1.27 bits per heavy atom. The number of hydrogen-bond acceptors (Lipinski definition) is 2. The predicted molar refractivity (Wildman–Crippen MR) is 57.8 cm³/mol. The average Bonchev–Trinajstić information content (AvgIpc) is 2.15. The Balaban J connectivity index is 3.20. The zero-order valence-electron chi connectivity index (χ0n) is 8.45. The highest BCUT2D eigenvalue weighted by Crippen LogP contribution is 2.13. The number of carbonyl (C=O) groups excluding carboxylic acids is 1. The van der Waals surface area contributed by atoms with Gasteiger partial charge in [-0.2, -0.15) is 0 Å². The summed E-state index contributed by atoms with van der Waals surface area (Å²) in [5.41, 5.74) is 1.18. The monoisotopic (exact) mass is 226 g/mol. The largest absolute Gasteiger partial charge is 0.478 e. The third kappa shape index (κ3) is 2.80. The van der Waals surface area contributed by atoms with Crippen molar-refractivity contribution in [3.8, 4) is 0 Å². The summed E-state index contributed by atoms with van der Waals surface area (Å²) in [5, 5.41) is 8.16. The van der Waals surface area contributed by atoms with E-state index in [1.54, 1.807) is 19.9 Å². The van der Waals surface area contributed by atoms with Gasteiger partial charge in [0.15, 0.2) is 5.78 Å². The second kappa shape index (κ2) is 4.45. The van der Waals surface area contributed by atoms with Gasteiger partial charge in [-0.25, -0.2) is 4.79 Å². The Labute approximate surface area is 92.7 Å². The number of Topliss-reactive ketones (excluding diaryl/α,β-unsaturated/α-hetero) is 1. The van der Waals surface area contributed by atoms with Crippen molar-refractivity contribution in [2.24, 2.45) is 0 Å². The maximum atomic E-state index is 11.5. The van der Waals surface area contributed by atoms with Crippen LogP contribution in [0.2, 0.25) is 0 Å². The van der Waals surface area contributed by atoms with Crippen LogP contribution in [0.3, 0.4) is 0 Å². The summed E-state index contributed by atoms with van der Waals surface area (Å²) in [7, 11) is 0. The molecule has 0 heterocycles. The highest BCUT2D eigenvalue weighted by atomic mass is 35.5. The minimum atomic E-state index is -1.05. The summed E-state index contributed by atoms with van der Waals surface area (Å²) in [4.78, 5) is 22.3. The molecular formula is C11H11ClO3. The molecule has 0 saturated carbocycles. The lowest BCUT2D eigenvalue weighted by molar-refractivity contribution is 0.0697. The summed E-state index contributed by atoms with van der Waals surface area (Å²) in [6, 6.07) is 4.49. The van der Waals surface area contributed by atoms with Crippen LogP contribution in [0.1, 0.15) is 33.2 Å². The molecule has 0 fully saturated rings. The molecule has 0 saturated heterocycles. The van der Waals surface area contributed by atoms with Crippen molar-refractivity contribution >= 4 is 23.4 Å². The molecule has 0 aliphatic carbocycles. The van der Waals surface area contributed by atoms with E-state index in [1.165, 1.54) is 12.1 Å². The Bertz CT molecular complexity index is 410. The maximum absolute atomic E-state index is 11.5. The summed E-state index contributed by atoms with van der Waals surface area (Å²) in [6.45, 7) is 3.30. The molecule has 0 bridgehead atoms. The van der Waals surface area contributed by atoms with Crippen molar-refractivity contribution in [3.05, 3.63) is 34.9 Å². The fourth-order valence-corrected chi connectivity index (χ4v) is 1.40. The summed E-state index contributed by atoms with van der Waals surface area (Å²) in [6.07, 6.45) is 0. The van der Waals surface area contributed by atoms with Gasteiger partial charge in [0.2, 0.25) is 0 Å². The van der Waals surface area contributed by atoms with Crippen LogP contribution in [0.5, 0.6) is 0 Å². The van der Waals surface area contributed by atoms with E-state index in [1.807, 2.05) is 0 Å². The summed E-state index contributed by atoms with van der Waals surface area (Å²) >= 11 is 5.65. The number of aryl methyl sites for hydroxylation is 1. The van der Waals surface area contributed by atoms with E-state index in [0.717, 1.165) is 5.56 Å². The molecule has 1 rings (SSSR count). The molecule has 1 aromatic carbocycles. The molecule has 0 aliphatic rings. The van der Waals surface area contributed by atoms with Gasteiger partial charge in [-0.05, 0) is 37.6 Å². The molecule has 0 amide bonds. The van der Waals surface area contributed by atoms with Gasteiger partial charge in [0.05, 0.1) is 10.9 Å². The Morgan fingerprint density at radius 3 is 2.27 bits per heavy atom. The summed E-state index contributed by atoms with van der Waals surface area (Å²) < 4.78 is 0. The Kier molecular flexibility index (Phi) is 3.48. The van der Waals surface area contributed by atoms with E-state index < -0.39 is 11.3 Å². The van der Waals surface area contributed by atoms with Crippen molar-refractivity contribution in [2.75, 3.05) is 0 Å². The molecule has 1 N–H and O–H groups in total. The third-order valence-electron chi connectivity index (χ3n) is 1.97. The molecule has 0 aliphatic heterocycles. The molecule has 15 heavy (non-hydrogen) atoms. The van der Waals surface area contributed by atoms with Crippen molar-refractivity contribution < 1.29 is 14.7 Å². The standard InChI is InChI=1S/C11H11ClO3/c1-6-3-8(10(13)7(2)12)5-9(4-6)11(14)15/h3-5,7H,1-2H3,(H,14,15). The van der Waals surface area contributed by atoms with Gasteiger partial charge in [0.25, 0.3) is 0 Å². The van der Waals surface area contributed by atoms with Crippen molar-refractivity contribution in [1.29, 1.82) is 0 Å². The van der Waals surface area contributed by atoms with Gasteiger partial charge >= 0.3 is 5.97 Å². The van der Waals surface area contributed by atoms with Crippen LogP contribution in [0.4, 0.5) is 0 Å². The second-order valence-corrected chi connectivity index (χ2v) is 4.03. The maximum Gasteiger partial charge on any atom is 0.335 e. The van der Waals surface area contributed by atoms with Crippen LogP contribution >= 0.6 is 11.6 Å². The Hall–Kier alpha value is -1.35. The van der Waals surface area contributed by atoms with Crippen molar-refractivity contribution in [1.82, 2.24) is 0 Å². The first kappa shape index (κ1) is 11.7. The van der Waals surface area contributed by atoms with Gasteiger partial charge < -0.3 is 5.11 Å². The van der Waals surface area contributed by atoms with Crippen LogP contribution in [0.15, 0.2) is 18.2 Å². The van der Waals surface area contributed by atoms with Crippen LogP contribution in [0.25, 0.3) is 0 Å². The molecule has 3 nitrogen and oxygen atoms in total. The van der Waals surface area contributed by atoms with E-state index >= 15 is 0 Å². The molecule has 0 aromatic heterocycles. The average molecular weight is 227 g/mol. The smallest absolute Gasteiger partial charge is 0.335 e. The van der Waals surface area contributed by atoms with Gasteiger partial charge in [-0.1, -0.05) is 0 Å². The minimum absolute atomic E-state index is 0.107. The molecule has 1 aromatic rings. The minimum Gasteiger partial charge on any atom is -0.478 e. The van der Waals surface area contributed by atoms with Crippen molar-refractivity contribution in [3.63, 3.8) is 0 Å². The molecular weight excluding hydrogens is 216 g/mol. The molecule has 0 radical (unpaired) electrons. The first-order valence-corrected chi connectivity index (χ1v) is 4.88. The number of rotatable bonds is 3. The molecule has 1 unspecified atom stereocenters. The van der Waals surface area contributed by atoms with Gasteiger partial charge in [-0.15, -0.1) is 11.6 Å². The molecule has 1 atom stereocenters. The normalized spacial score (nSPS) is 12.2. The van der Waals surface area contributed by atoms with Crippen LogP contribution in [0, 0.1) is 6.92 Å². The van der Waals surface area contributed by atoms with E-state index in [2.05, 4.69) is 0 Å². The number of alkyl halides is 1. The number of halogens is 1. The lowest BCUT2D eigenvalue weighted by atomic mass is 10.0. The second-order valence-electron chi connectivity index (χ2n) is 3.37. The first-order valence-electron chi connectivity index (χ1n) is 4.45. The van der Waals surface area contributed by atoms with Crippen LogP contribution in [-0.2, 0) is 0 Å². The zero-order valence-corrected chi connectivity index (χ0v) is 9.21. The van der Waals surface area contributed by atoms with Gasteiger partial charge in [-0.3, -0.25) is 4.79 Å². The number of hydrogen-bond donors (Lipinski definition) is 1. The number of benzene rings is 1. The van der Waals surface area contributed by atoms with Crippen LogP contribution < -0.4 is 0 Å². The fourth-order valence-electron chi connectivity index (χ4n) is 1.28. The quantitative estimate of drug-likeness (QED) is 0.637. The number of carboxylic acid groups (broad SMARTS) is 1. The first-order chi connectivity index (χ1) is 6.91. The van der Waals surface area contributed by atoms with E-state index in [9.17, 15) is 9.59 Å². The lowest BCUT2D eigenvalue weighted by Crippen LogP contribution is -2.12.